The van der Waals surface area contributed by atoms with Gasteiger partial charge in [0.1, 0.15) is 0 Å². The molecular weight excluding hydrogens is 270 g/mol. The third-order valence-corrected chi connectivity index (χ3v) is 3.98. The van der Waals surface area contributed by atoms with Gasteiger partial charge < -0.3 is 10.5 Å². The Labute approximate surface area is 114 Å². The Hall–Kier alpha value is -0.860. The van der Waals surface area contributed by atoms with Crippen LogP contribution in [-0.2, 0) is 14.9 Å². The van der Waals surface area contributed by atoms with Crippen LogP contribution in [0.3, 0.4) is 0 Å². The Morgan fingerprint density at radius 1 is 1.26 bits per heavy atom. The van der Waals surface area contributed by atoms with E-state index in [9.17, 15) is 13.2 Å². The van der Waals surface area contributed by atoms with Crippen molar-refractivity contribution < 1.29 is 17.9 Å². The average Bonchev–Trinajstić information content (AvgIpc) is 2.41. The van der Waals surface area contributed by atoms with Crippen LogP contribution in [0.2, 0.25) is 0 Å². The maximum absolute atomic E-state index is 11.8. The summed E-state index contributed by atoms with van der Waals surface area (Å²) >= 11 is 0. The monoisotopic (exact) mass is 293 g/mol. The van der Waals surface area contributed by atoms with Crippen molar-refractivity contribution in [1.29, 1.82) is 0 Å². The number of hydrogen-bond acceptors (Lipinski definition) is 5. The largest absolute Gasteiger partial charge is 0.446 e. The third kappa shape index (κ3) is 6.22. The number of ether oxygens (including phenoxy) is 1. The van der Waals surface area contributed by atoms with Gasteiger partial charge >= 0.3 is 16.3 Å². The van der Waals surface area contributed by atoms with E-state index in [1.807, 2.05) is 4.72 Å². The number of nitrogens with one attached hydrogen (secondary N) is 2. The van der Waals surface area contributed by atoms with E-state index < -0.39 is 16.3 Å². The summed E-state index contributed by atoms with van der Waals surface area (Å²) in [7, 11) is -3.93. The standard InChI is InChI=1S/C11H23N3O4S/c1-8(2)18-11(15)14-19(16,17)13-10-7-5-3-4-6-9(10)12/h8-10,13H,3-7,12H2,1-2H3,(H,14,15). The highest BCUT2D eigenvalue weighted by atomic mass is 32.2. The second-order valence-corrected chi connectivity index (χ2v) is 6.53. The number of amides is 1. The molecule has 1 aliphatic rings. The van der Waals surface area contributed by atoms with Crippen molar-refractivity contribution >= 4 is 16.3 Å². The van der Waals surface area contributed by atoms with Crippen LogP contribution in [0, 0.1) is 0 Å². The minimum atomic E-state index is -3.93. The van der Waals surface area contributed by atoms with Crippen molar-refractivity contribution in [3.63, 3.8) is 0 Å². The lowest BCUT2D eigenvalue weighted by molar-refractivity contribution is 0.121. The van der Waals surface area contributed by atoms with Gasteiger partial charge in [-0.15, -0.1) is 0 Å². The molecule has 4 N–H and O–H groups in total. The van der Waals surface area contributed by atoms with E-state index in [0.717, 1.165) is 25.7 Å². The summed E-state index contributed by atoms with van der Waals surface area (Å²) in [6, 6.07) is -0.563. The quantitative estimate of drug-likeness (QED) is 0.658. The molecule has 0 saturated heterocycles. The van der Waals surface area contributed by atoms with Gasteiger partial charge in [0.15, 0.2) is 0 Å². The van der Waals surface area contributed by atoms with Crippen molar-refractivity contribution in [1.82, 2.24) is 9.44 Å². The predicted molar refractivity (Wildman–Crippen MR) is 71.7 cm³/mol. The zero-order valence-corrected chi connectivity index (χ0v) is 12.2. The van der Waals surface area contributed by atoms with E-state index >= 15 is 0 Å². The lowest BCUT2D eigenvalue weighted by Gasteiger charge is -2.22. The molecule has 1 fully saturated rings. The van der Waals surface area contributed by atoms with Gasteiger partial charge in [0.05, 0.1) is 6.10 Å². The first-order valence-electron chi connectivity index (χ1n) is 6.56. The number of carbonyl (C=O) groups excluding carboxylic acids is 1. The molecule has 0 spiro atoms. The van der Waals surface area contributed by atoms with Crippen molar-refractivity contribution in [2.24, 2.45) is 5.73 Å². The summed E-state index contributed by atoms with van der Waals surface area (Å²) in [6.07, 6.45) is 3.08. The minimum Gasteiger partial charge on any atom is -0.446 e. The summed E-state index contributed by atoms with van der Waals surface area (Å²) in [5.41, 5.74) is 5.93. The fourth-order valence-corrected chi connectivity index (χ4v) is 3.08. The molecule has 1 saturated carbocycles. The fourth-order valence-electron chi connectivity index (χ4n) is 2.06. The molecule has 112 valence electrons. The molecule has 0 bridgehead atoms. The van der Waals surface area contributed by atoms with Gasteiger partial charge in [-0.3, -0.25) is 0 Å². The van der Waals surface area contributed by atoms with Crippen LogP contribution in [0.25, 0.3) is 0 Å². The van der Waals surface area contributed by atoms with Crippen LogP contribution < -0.4 is 15.2 Å². The highest BCUT2D eigenvalue weighted by molar-refractivity contribution is 7.88. The average molecular weight is 293 g/mol. The molecule has 2 atom stereocenters. The van der Waals surface area contributed by atoms with E-state index in [-0.39, 0.29) is 18.2 Å². The third-order valence-electron chi connectivity index (χ3n) is 2.94. The summed E-state index contributed by atoms with van der Waals surface area (Å²) in [5.74, 6) is 0. The molecule has 1 rings (SSSR count). The molecule has 2 unspecified atom stereocenters. The number of rotatable bonds is 4. The molecule has 0 radical (unpaired) electrons. The second kappa shape index (κ2) is 7.06. The number of carbonyl (C=O) groups is 1. The zero-order chi connectivity index (χ0) is 14.5. The smallest absolute Gasteiger partial charge is 0.422 e. The second-order valence-electron chi connectivity index (χ2n) is 5.09. The van der Waals surface area contributed by atoms with Crippen molar-refractivity contribution in [2.75, 3.05) is 0 Å². The van der Waals surface area contributed by atoms with Gasteiger partial charge in [-0.1, -0.05) is 19.3 Å². The topological polar surface area (TPSA) is 111 Å². The Morgan fingerprint density at radius 2 is 1.89 bits per heavy atom. The van der Waals surface area contributed by atoms with Crippen LogP contribution in [-0.4, -0.2) is 32.7 Å². The van der Waals surface area contributed by atoms with Gasteiger partial charge in [0.2, 0.25) is 0 Å². The predicted octanol–water partition coefficient (Wildman–Crippen LogP) is 0.615. The van der Waals surface area contributed by atoms with E-state index in [1.54, 1.807) is 13.8 Å². The molecule has 0 aliphatic heterocycles. The summed E-state index contributed by atoms with van der Waals surface area (Å²) in [6.45, 7) is 3.28. The summed E-state index contributed by atoms with van der Waals surface area (Å²) in [4.78, 5) is 11.3. The highest BCUT2D eigenvalue weighted by Gasteiger charge is 2.26. The van der Waals surface area contributed by atoms with Crippen LogP contribution in [0.1, 0.15) is 46.0 Å². The van der Waals surface area contributed by atoms with E-state index in [1.165, 1.54) is 0 Å². The minimum absolute atomic E-state index is 0.222. The normalized spacial score (nSPS) is 24.8. The molecule has 19 heavy (non-hydrogen) atoms. The molecular formula is C11H23N3O4S. The van der Waals surface area contributed by atoms with E-state index in [0.29, 0.717) is 6.42 Å². The zero-order valence-electron chi connectivity index (χ0n) is 11.4. The molecule has 1 amide bonds. The van der Waals surface area contributed by atoms with E-state index in [4.69, 9.17) is 10.5 Å². The van der Waals surface area contributed by atoms with Crippen LogP contribution >= 0.6 is 0 Å². The Morgan fingerprint density at radius 3 is 2.53 bits per heavy atom. The first kappa shape index (κ1) is 16.2. The first-order chi connectivity index (χ1) is 8.80. The van der Waals surface area contributed by atoms with Gasteiger partial charge in [-0.2, -0.15) is 13.1 Å². The number of nitrogens with two attached hydrogens (primary N) is 1. The van der Waals surface area contributed by atoms with Gasteiger partial charge in [-0.05, 0) is 26.7 Å². The van der Waals surface area contributed by atoms with Crippen LogP contribution in [0.15, 0.2) is 0 Å². The fraction of sp³-hybridized carbons (Fsp3) is 0.909. The maximum Gasteiger partial charge on any atom is 0.422 e. The lowest BCUT2D eigenvalue weighted by atomic mass is 10.1. The van der Waals surface area contributed by atoms with Gasteiger partial charge in [0.25, 0.3) is 0 Å². The molecule has 1 aliphatic carbocycles. The highest BCUT2D eigenvalue weighted by Crippen LogP contribution is 2.17. The molecule has 0 aromatic rings. The first-order valence-corrected chi connectivity index (χ1v) is 8.05. The van der Waals surface area contributed by atoms with Crippen molar-refractivity contribution in [2.45, 2.75) is 64.1 Å². The summed E-state index contributed by atoms with van der Waals surface area (Å²) < 4.78 is 32.5. The summed E-state index contributed by atoms with van der Waals surface area (Å²) in [5, 5.41) is 0. The number of hydrogen-bond donors (Lipinski definition) is 3. The lowest BCUT2D eigenvalue weighted by Crippen LogP contribution is -2.51. The Balaban J connectivity index is 2.55. The molecule has 0 aromatic heterocycles. The Kier molecular flexibility index (Phi) is 6.02. The molecule has 8 heteroatoms. The molecule has 7 nitrogen and oxygen atoms in total. The molecule has 0 heterocycles. The van der Waals surface area contributed by atoms with Gasteiger partial charge in [-0.25, -0.2) is 9.52 Å². The van der Waals surface area contributed by atoms with Gasteiger partial charge in [0, 0.05) is 12.1 Å². The molecule has 0 aromatic carbocycles. The van der Waals surface area contributed by atoms with E-state index in [2.05, 4.69) is 4.72 Å². The Bertz CT molecular complexity index is 397. The maximum atomic E-state index is 11.8. The SMILES string of the molecule is CC(C)OC(=O)NS(=O)(=O)NC1CCCCCC1N. The van der Waals surface area contributed by atoms with Crippen molar-refractivity contribution in [3.05, 3.63) is 0 Å². The van der Waals surface area contributed by atoms with Crippen molar-refractivity contribution in [3.8, 4) is 0 Å². The van der Waals surface area contributed by atoms with Crippen LogP contribution in [0.4, 0.5) is 4.79 Å². The van der Waals surface area contributed by atoms with Crippen LogP contribution in [0.5, 0.6) is 0 Å².